The molecular formula is C15H22N2O2. The summed E-state index contributed by atoms with van der Waals surface area (Å²) < 4.78 is 0. The summed E-state index contributed by atoms with van der Waals surface area (Å²) in [4.78, 5) is 17.4. The zero-order chi connectivity index (χ0) is 13.8. The van der Waals surface area contributed by atoms with Gasteiger partial charge in [0.25, 0.3) is 0 Å². The largest absolute Gasteiger partial charge is 0.477 e. The molecule has 2 rings (SSSR count). The van der Waals surface area contributed by atoms with Gasteiger partial charge in [0.1, 0.15) is 0 Å². The number of rotatable bonds is 4. The lowest BCUT2D eigenvalue weighted by molar-refractivity contribution is 0.0686. The fourth-order valence-electron chi connectivity index (χ4n) is 3.10. The van der Waals surface area contributed by atoms with Crippen molar-refractivity contribution >= 4 is 5.97 Å². The second kappa shape index (κ2) is 6.15. The average molecular weight is 262 g/mol. The van der Waals surface area contributed by atoms with Crippen molar-refractivity contribution in [2.24, 2.45) is 5.92 Å². The van der Waals surface area contributed by atoms with Crippen molar-refractivity contribution < 1.29 is 9.90 Å². The van der Waals surface area contributed by atoms with E-state index in [0.717, 1.165) is 5.56 Å². The number of hydrogen-bond donors (Lipinski definition) is 1. The Labute approximate surface area is 114 Å². The summed E-state index contributed by atoms with van der Waals surface area (Å²) in [6, 6.07) is 4.22. The number of nitrogens with zero attached hydrogens (tertiary/aromatic N) is 2. The minimum absolute atomic E-state index is 0.179. The molecule has 0 amide bonds. The van der Waals surface area contributed by atoms with E-state index in [9.17, 15) is 4.79 Å². The molecule has 1 aliphatic rings. The lowest BCUT2D eigenvalue weighted by Gasteiger charge is -2.36. The number of carboxylic acid groups (broad SMARTS) is 1. The van der Waals surface area contributed by atoms with Gasteiger partial charge in [0.2, 0.25) is 0 Å². The fraction of sp³-hybridized carbons (Fsp3) is 0.600. The molecule has 1 N–H and O–H groups in total. The van der Waals surface area contributed by atoms with Crippen molar-refractivity contribution in [1.82, 2.24) is 9.88 Å². The van der Waals surface area contributed by atoms with E-state index in [1.807, 2.05) is 6.07 Å². The smallest absolute Gasteiger partial charge is 0.354 e. The van der Waals surface area contributed by atoms with E-state index in [2.05, 4.69) is 23.9 Å². The van der Waals surface area contributed by atoms with Gasteiger partial charge in [-0.15, -0.1) is 0 Å². The summed E-state index contributed by atoms with van der Waals surface area (Å²) in [7, 11) is 2.09. The summed E-state index contributed by atoms with van der Waals surface area (Å²) in [5, 5.41) is 9.16. The van der Waals surface area contributed by atoms with E-state index >= 15 is 0 Å². The van der Waals surface area contributed by atoms with Crippen molar-refractivity contribution in [2.75, 3.05) is 7.05 Å². The Hall–Kier alpha value is -1.42. The van der Waals surface area contributed by atoms with Crippen LogP contribution in [-0.4, -0.2) is 34.0 Å². The predicted molar refractivity (Wildman–Crippen MR) is 74.1 cm³/mol. The molecule has 4 nitrogen and oxygen atoms in total. The summed E-state index contributed by atoms with van der Waals surface area (Å²) in [5.74, 6) is -0.260. The van der Waals surface area contributed by atoms with Crippen LogP contribution in [0.2, 0.25) is 0 Å². The zero-order valence-corrected chi connectivity index (χ0v) is 11.7. The Balaban J connectivity index is 2.10. The van der Waals surface area contributed by atoms with Gasteiger partial charge < -0.3 is 5.11 Å². The second-order valence-corrected chi connectivity index (χ2v) is 5.56. The van der Waals surface area contributed by atoms with Crippen molar-refractivity contribution in [2.45, 2.75) is 45.2 Å². The van der Waals surface area contributed by atoms with Crippen molar-refractivity contribution in [3.05, 3.63) is 29.6 Å². The quantitative estimate of drug-likeness (QED) is 0.906. The zero-order valence-electron chi connectivity index (χ0n) is 11.7. The Morgan fingerprint density at radius 1 is 1.47 bits per heavy atom. The first-order valence-electron chi connectivity index (χ1n) is 6.97. The molecule has 1 fully saturated rings. The molecule has 19 heavy (non-hydrogen) atoms. The third-order valence-corrected chi connectivity index (χ3v) is 4.15. The Morgan fingerprint density at radius 3 is 2.89 bits per heavy atom. The molecule has 2 unspecified atom stereocenters. The molecule has 2 atom stereocenters. The first kappa shape index (κ1) is 14.0. The summed E-state index contributed by atoms with van der Waals surface area (Å²) >= 11 is 0. The van der Waals surface area contributed by atoms with Crippen LogP contribution < -0.4 is 0 Å². The number of carbonyl (C=O) groups is 1. The molecule has 1 heterocycles. The van der Waals surface area contributed by atoms with E-state index < -0.39 is 5.97 Å². The van der Waals surface area contributed by atoms with Gasteiger partial charge in [-0.05, 0) is 37.4 Å². The van der Waals surface area contributed by atoms with E-state index in [4.69, 9.17) is 5.11 Å². The topological polar surface area (TPSA) is 53.4 Å². The number of carboxylic acids is 1. The summed E-state index contributed by atoms with van der Waals surface area (Å²) in [6.07, 6.45) is 6.61. The van der Waals surface area contributed by atoms with Crippen LogP contribution in [0.3, 0.4) is 0 Å². The minimum atomic E-state index is -0.944. The highest BCUT2D eigenvalue weighted by Crippen LogP contribution is 2.28. The van der Waals surface area contributed by atoms with E-state index in [1.54, 1.807) is 6.07 Å². The lowest BCUT2D eigenvalue weighted by atomic mass is 9.85. The minimum Gasteiger partial charge on any atom is -0.477 e. The van der Waals surface area contributed by atoms with Crippen LogP contribution in [0.15, 0.2) is 18.3 Å². The second-order valence-electron chi connectivity index (χ2n) is 5.56. The van der Waals surface area contributed by atoms with Crippen LogP contribution in [0.5, 0.6) is 0 Å². The number of pyridine rings is 1. The highest BCUT2D eigenvalue weighted by atomic mass is 16.4. The van der Waals surface area contributed by atoms with Crippen LogP contribution in [-0.2, 0) is 6.54 Å². The molecule has 0 bridgehead atoms. The monoisotopic (exact) mass is 262 g/mol. The van der Waals surface area contributed by atoms with Gasteiger partial charge in [-0.2, -0.15) is 0 Å². The maximum atomic E-state index is 11.2. The van der Waals surface area contributed by atoms with E-state index in [-0.39, 0.29) is 5.69 Å². The molecule has 1 aromatic rings. The molecule has 0 saturated heterocycles. The van der Waals surface area contributed by atoms with Crippen molar-refractivity contribution in [3.8, 4) is 0 Å². The standard InChI is InChI=1S/C15H22N2O2/c1-11-6-3-4-8-13(11)17(2)10-12-7-5-9-16-14(12)15(18)19/h5,7,9,11,13H,3-4,6,8,10H2,1-2H3,(H,18,19). The highest BCUT2D eigenvalue weighted by molar-refractivity contribution is 5.86. The maximum absolute atomic E-state index is 11.2. The molecule has 0 spiro atoms. The molecule has 0 aromatic carbocycles. The Morgan fingerprint density at radius 2 is 2.21 bits per heavy atom. The van der Waals surface area contributed by atoms with Crippen molar-refractivity contribution in [3.63, 3.8) is 0 Å². The number of hydrogen-bond acceptors (Lipinski definition) is 3. The lowest BCUT2D eigenvalue weighted by Crippen LogP contribution is -2.38. The first-order chi connectivity index (χ1) is 9.09. The molecule has 1 saturated carbocycles. The van der Waals surface area contributed by atoms with Gasteiger partial charge in [-0.1, -0.05) is 25.8 Å². The van der Waals surface area contributed by atoms with Crippen LogP contribution in [0.4, 0.5) is 0 Å². The van der Waals surface area contributed by atoms with Gasteiger partial charge in [-0.3, -0.25) is 4.90 Å². The molecule has 4 heteroatoms. The number of aromatic nitrogens is 1. The van der Waals surface area contributed by atoms with Gasteiger partial charge in [-0.25, -0.2) is 9.78 Å². The normalized spacial score (nSPS) is 23.5. The fourth-order valence-corrected chi connectivity index (χ4v) is 3.10. The number of aromatic carboxylic acids is 1. The average Bonchev–Trinajstić information content (AvgIpc) is 2.39. The first-order valence-corrected chi connectivity index (χ1v) is 6.97. The van der Waals surface area contributed by atoms with Crippen LogP contribution in [0, 0.1) is 5.92 Å². The van der Waals surface area contributed by atoms with Crippen molar-refractivity contribution in [1.29, 1.82) is 0 Å². The van der Waals surface area contributed by atoms with Gasteiger partial charge >= 0.3 is 5.97 Å². The predicted octanol–water partition coefficient (Wildman–Crippen LogP) is 2.79. The van der Waals surface area contributed by atoms with Crippen LogP contribution in [0.1, 0.15) is 48.7 Å². The van der Waals surface area contributed by atoms with Gasteiger partial charge in [0.15, 0.2) is 5.69 Å². The summed E-state index contributed by atoms with van der Waals surface area (Å²) in [5.41, 5.74) is 0.980. The van der Waals surface area contributed by atoms with Gasteiger partial charge in [0, 0.05) is 18.8 Å². The van der Waals surface area contributed by atoms with Crippen LogP contribution >= 0.6 is 0 Å². The van der Waals surface area contributed by atoms with Gasteiger partial charge in [0.05, 0.1) is 0 Å². The molecule has 0 aliphatic heterocycles. The Kier molecular flexibility index (Phi) is 4.53. The molecule has 1 aliphatic carbocycles. The van der Waals surface area contributed by atoms with Crippen LogP contribution in [0.25, 0.3) is 0 Å². The molecular weight excluding hydrogens is 240 g/mol. The van der Waals surface area contributed by atoms with E-state index in [1.165, 1.54) is 31.9 Å². The Bertz CT molecular complexity index is 448. The SMILES string of the molecule is CC1CCCCC1N(C)Cc1cccnc1C(=O)O. The molecule has 104 valence electrons. The maximum Gasteiger partial charge on any atom is 0.354 e. The third-order valence-electron chi connectivity index (χ3n) is 4.15. The third kappa shape index (κ3) is 3.32. The highest BCUT2D eigenvalue weighted by Gasteiger charge is 2.25. The molecule has 1 aromatic heterocycles. The molecule has 0 radical (unpaired) electrons. The summed E-state index contributed by atoms with van der Waals surface area (Å²) in [6.45, 7) is 2.95. The van der Waals surface area contributed by atoms with E-state index in [0.29, 0.717) is 18.5 Å².